The summed E-state index contributed by atoms with van der Waals surface area (Å²) in [5, 5.41) is 11.8. The molecule has 7 nitrogen and oxygen atoms in total. The van der Waals surface area contributed by atoms with Crippen molar-refractivity contribution in [3.05, 3.63) is 30.1 Å². The molecule has 1 aromatic heterocycles. The Morgan fingerprint density at radius 1 is 1.32 bits per heavy atom. The zero-order valence-electron chi connectivity index (χ0n) is 13.8. The van der Waals surface area contributed by atoms with Crippen LogP contribution in [0.4, 0.5) is 5.69 Å². The Labute approximate surface area is 154 Å². The number of primary amides is 1. The van der Waals surface area contributed by atoms with Gasteiger partial charge in [-0.05, 0) is 31.2 Å². The number of aromatic nitrogens is 3. The van der Waals surface area contributed by atoms with Crippen LogP contribution in [0.25, 0.3) is 0 Å². The molecule has 1 saturated carbocycles. The highest BCUT2D eigenvalue weighted by Crippen LogP contribution is 2.40. The fourth-order valence-corrected chi connectivity index (χ4v) is 3.72. The van der Waals surface area contributed by atoms with Crippen molar-refractivity contribution in [2.24, 2.45) is 5.73 Å². The van der Waals surface area contributed by atoms with Crippen LogP contribution in [0.5, 0.6) is 0 Å². The topological polar surface area (TPSA) is 103 Å². The number of nitrogens with one attached hydrogen (secondary N) is 1. The summed E-state index contributed by atoms with van der Waals surface area (Å²) in [7, 11) is 0. The second-order valence-corrected chi connectivity index (χ2v) is 7.50. The molecule has 3 rings (SSSR count). The first-order valence-corrected chi connectivity index (χ1v) is 10.1. The van der Waals surface area contributed by atoms with E-state index in [1.54, 1.807) is 16.3 Å². The number of thioether (sulfide) groups is 2. The molecule has 2 amide bonds. The Morgan fingerprint density at radius 3 is 2.76 bits per heavy atom. The van der Waals surface area contributed by atoms with E-state index in [1.807, 2.05) is 30.5 Å². The Balaban J connectivity index is 1.65. The summed E-state index contributed by atoms with van der Waals surface area (Å²) in [5.41, 5.74) is 6.12. The molecule has 3 N–H and O–H groups in total. The van der Waals surface area contributed by atoms with Crippen molar-refractivity contribution in [1.29, 1.82) is 0 Å². The summed E-state index contributed by atoms with van der Waals surface area (Å²) < 4.78 is 1.73. The largest absolute Gasteiger partial charge is 0.368 e. The van der Waals surface area contributed by atoms with Gasteiger partial charge in [0.05, 0.1) is 11.4 Å². The average Bonchev–Trinajstić information content (AvgIpc) is 3.36. The maximum absolute atomic E-state index is 12.3. The minimum Gasteiger partial charge on any atom is -0.368 e. The Hall–Kier alpha value is -2.00. The summed E-state index contributed by atoms with van der Waals surface area (Å²) in [5.74, 6) is 0.748. The van der Waals surface area contributed by atoms with Crippen LogP contribution in [0.1, 0.15) is 24.6 Å². The van der Waals surface area contributed by atoms with Crippen LogP contribution in [0.3, 0.4) is 0 Å². The van der Waals surface area contributed by atoms with E-state index in [0.29, 0.717) is 11.1 Å². The van der Waals surface area contributed by atoms with Crippen LogP contribution in [-0.2, 0) is 16.1 Å². The number of carbonyl (C=O) groups excluding carboxylic acids is 2. The zero-order valence-corrected chi connectivity index (χ0v) is 15.4. The van der Waals surface area contributed by atoms with Crippen molar-refractivity contribution >= 4 is 41.0 Å². The van der Waals surface area contributed by atoms with Gasteiger partial charge in [0.1, 0.15) is 12.4 Å². The number of anilines is 1. The van der Waals surface area contributed by atoms with Crippen molar-refractivity contribution < 1.29 is 9.59 Å². The SMILES string of the molecule is CSc1ccccc1NC(=O)CSc1nnc(C2CC2)n1CC(N)=O. The molecule has 0 atom stereocenters. The molecule has 132 valence electrons. The molecule has 1 heterocycles. The second kappa shape index (κ2) is 7.92. The Kier molecular flexibility index (Phi) is 5.64. The van der Waals surface area contributed by atoms with E-state index in [-0.39, 0.29) is 18.2 Å². The number of nitrogens with two attached hydrogens (primary N) is 1. The molecule has 0 radical (unpaired) electrons. The molecule has 0 spiro atoms. The van der Waals surface area contributed by atoms with Gasteiger partial charge in [-0.2, -0.15) is 0 Å². The van der Waals surface area contributed by atoms with Crippen LogP contribution in [0, 0.1) is 0 Å². The van der Waals surface area contributed by atoms with E-state index in [0.717, 1.165) is 29.2 Å². The molecule has 1 aromatic carbocycles. The number of carbonyl (C=O) groups is 2. The highest BCUT2D eigenvalue weighted by Gasteiger charge is 2.31. The first-order chi connectivity index (χ1) is 12.1. The van der Waals surface area contributed by atoms with Gasteiger partial charge in [0, 0.05) is 10.8 Å². The number of rotatable bonds is 8. The predicted molar refractivity (Wildman–Crippen MR) is 98.8 cm³/mol. The van der Waals surface area contributed by atoms with Crippen LogP contribution >= 0.6 is 23.5 Å². The Bertz CT molecular complexity index is 789. The van der Waals surface area contributed by atoms with Gasteiger partial charge >= 0.3 is 0 Å². The second-order valence-electron chi connectivity index (χ2n) is 5.70. The fourth-order valence-electron chi connectivity index (χ4n) is 2.42. The van der Waals surface area contributed by atoms with Gasteiger partial charge in [0.15, 0.2) is 5.16 Å². The average molecular weight is 377 g/mol. The van der Waals surface area contributed by atoms with Gasteiger partial charge in [0.2, 0.25) is 11.8 Å². The molecule has 1 aliphatic rings. The molecule has 1 fully saturated rings. The number of hydrogen-bond acceptors (Lipinski definition) is 6. The fraction of sp³-hybridized carbons (Fsp3) is 0.375. The van der Waals surface area contributed by atoms with E-state index >= 15 is 0 Å². The van der Waals surface area contributed by atoms with E-state index in [2.05, 4.69) is 15.5 Å². The molecular formula is C16H19N5O2S2. The number of benzene rings is 1. The summed E-state index contributed by atoms with van der Waals surface area (Å²) in [6.45, 7) is 0.0398. The number of para-hydroxylation sites is 1. The van der Waals surface area contributed by atoms with Crippen LogP contribution < -0.4 is 11.1 Å². The molecule has 2 aromatic rings. The van der Waals surface area contributed by atoms with Gasteiger partial charge in [0.25, 0.3) is 0 Å². The lowest BCUT2D eigenvalue weighted by molar-refractivity contribution is -0.118. The van der Waals surface area contributed by atoms with Crippen molar-refractivity contribution in [2.75, 3.05) is 17.3 Å². The monoisotopic (exact) mass is 377 g/mol. The predicted octanol–water partition coefficient (Wildman–Crippen LogP) is 2.09. The number of hydrogen-bond donors (Lipinski definition) is 2. The molecule has 0 bridgehead atoms. The lowest BCUT2D eigenvalue weighted by Gasteiger charge is -2.10. The minimum absolute atomic E-state index is 0.0398. The zero-order chi connectivity index (χ0) is 17.8. The van der Waals surface area contributed by atoms with Crippen molar-refractivity contribution in [3.63, 3.8) is 0 Å². The quantitative estimate of drug-likeness (QED) is 0.683. The molecular weight excluding hydrogens is 358 g/mol. The minimum atomic E-state index is -0.443. The summed E-state index contributed by atoms with van der Waals surface area (Å²) >= 11 is 2.83. The van der Waals surface area contributed by atoms with Gasteiger partial charge < -0.3 is 11.1 Å². The molecule has 0 unspecified atom stereocenters. The smallest absolute Gasteiger partial charge is 0.237 e. The molecule has 0 saturated heterocycles. The Morgan fingerprint density at radius 2 is 2.08 bits per heavy atom. The first kappa shape index (κ1) is 17.8. The summed E-state index contributed by atoms with van der Waals surface area (Å²) in [6, 6.07) is 7.64. The molecule has 25 heavy (non-hydrogen) atoms. The van der Waals surface area contributed by atoms with Crippen LogP contribution in [0.15, 0.2) is 34.3 Å². The van der Waals surface area contributed by atoms with Gasteiger partial charge in [-0.15, -0.1) is 22.0 Å². The normalized spacial score (nSPS) is 13.6. The van der Waals surface area contributed by atoms with E-state index in [1.165, 1.54) is 11.8 Å². The standard InChI is InChI=1S/C16H19N5O2S2/c1-24-12-5-3-2-4-11(12)18-14(23)9-25-16-20-19-15(10-6-7-10)21(16)8-13(17)22/h2-5,10H,6-9H2,1H3,(H2,17,22)(H,18,23). The highest BCUT2D eigenvalue weighted by atomic mass is 32.2. The molecule has 9 heteroatoms. The first-order valence-electron chi connectivity index (χ1n) is 7.85. The van der Waals surface area contributed by atoms with Crippen molar-refractivity contribution in [1.82, 2.24) is 14.8 Å². The van der Waals surface area contributed by atoms with Crippen molar-refractivity contribution in [3.8, 4) is 0 Å². The van der Waals surface area contributed by atoms with Gasteiger partial charge in [-0.1, -0.05) is 23.9 Å². The van der Waals surface area contributed by atoms with E-state index in [9.17, 15) is 9.59 Å². The lowest BCUT2D eigenvalue weighted by atomic mass is 10.3. The van der Waals surface area contributed by atoms with E-state index < -0.39 is 5.91 Å². The number of amides is 2. The maximum Gasteiger partial charge on any atom is 0.237 e. The lowest BCUT2D eigenvalue weighted by Crippen LogP contribution is -2.21. The third-order valence-electron chi connectivity index (χ3n) is 3.72. The van der Waals surface area contributed by atoms with Crippen LogP contribution in [0.2, 0.25) is 0 Å². The highest BCUT2D eigenvalue weighted by molar-refractivity contribution is 7.99. The van der Waals surface area contributed by atoms with Gasteiger partial charge in [-0.3, -0.25) is 14.2 Å². The maximum atomic E-state index is 12.3. The van der Waals surface area contributed by atoms with Gasteiger partial charge in [-0.25, -0.2) is 0 Å². The molecule has 1 aliphatic carbocycles. The summed E-state index contributed by atoms with van der Waals surface area (Å²) in [4.78, 5) is 24.6. The number of nitrogens with zero attached hydrogens (tertiary/aromatic N) is 3. The van der Waals surface area contributed by atoms with Crippen LogP contribution in [-0.4, -0.2) is 38.6 Å². The molecule has 0 aliphatic heterocycles. The third kappa shape index (κ3) is 4.55. The van der Waals surface area contributed by atoms with Crippen molar-refractivity contribution in [2.45, 2.75) is 35.4 Å². The van der Waals surface area contributed by atoms with E-state index in [4.69, 9.17) is 5.73 Å². The summed E-state index contributed by atoms with van der Waals surface area (Å²) in [6.07, 6.45) is 4.06. The third-order valence-corrected chi connectivity index (χ3v) is 5.48.